The molecule has 1 heterocycles. The SMILES string of the molecule is CCN(CC)C(=O)CCNCc1cnccn1. The van der Waals surface area contributed by atoms with Gasteiger partial charge >= 0.3 is 0 Å². The highest BCUT2D eigenvalue weighted by Gasteiger charge is 2.08. The van der Waals surface area contributed by atoms with Crippen molar-refractivity contribution in [2.45, 2.75) is 26.8 Å². The second-order valence-corrected chi connectivity index (χ2v) is 3.69. The van der Waals surface area contributed by atoms with Gasteiger partial charge in [0.1, 0.15) is 0 Å². The average Bonchev–Trinajstić information content (AvgIpc) is 2.37. The van der Waals surface area contributed by atoms with Crippen molar-refractivity contribution < 1.29 is 4.79 Å². The third-order valence-corrected chi connectivity index (χ3v) is 2.55. The lowest BCUT2D eigenvalue weighted by Gasteiger charge is -2.18. The lowest BCUT2D eigenvalue weighted by Crippen LogP contribution is -2.32. The molecule has 0 saturated carbocycles. The zero-order chi connectivity index (χ0) is 12.5. The largest absolute Gasteiger partial charge is 0.343 e. The number of nitrogens with one attached hydrogen (secondary N) is 1. The molecule has 17 heavy (non-hydrogen) atoms. The van der Waals surface area contributed by atoms with Crippen molar-refractivity contribution in [2.75, 3.05) is 19.6 Å². The highest BCUT2D eigenvalue weighted by Crippen LogP contribution is 1.94. The fourth-order valence-corrected chi connectivity index (χ4v) is 1.57. The number of aromatic nitrogens is 2. The van der Waals surface area contributed by atoms with E-state index >= 15 is 0 Å². The summed E-state index contributed by atoms with van der Waals surface area (Å²) in [5.74, 6) is 0.196. The van der Waals surface area contributed by atoms with E-state index in [2.05, 4.69) is 15.3 Å². The Bertz CT molecular complexity index is 325. The summed E-state index contributed by atoms with van der Waals surface area (Å²) in [6.07, 6.45) is 5.56. The van der Waals surface area contributed by atoms with Gasteiger partial charge in [-0.1, -0.05) is 0 Å². The molecule has 1 amide bonds. The second kappa shape index (κ2) is 7.73. The maximum Gasteiger partial charge on any atom is 0.223 e. The maximum atomic E-state index is 11.7. The zero-order valence-electron chi connectivity index (χ0n) is 10.5. The summed E-state index contributed by atoms with van der Waals surface area (Å²) in [5.41, 5.74) is 0.891. The van der Waals surface area contributed by atoms with Crippen LogP contribution < -0.4 is 5.32 Å². The molecule has 94 valence electrons. The van der Waals surface area contributed by atoms with Crippen molar-refractivity contribution in [1.82, 2.24) is 20.2 Å². The van der Waals surface area contributed by atoms with E-state index in [1.807, 2.05) is 18.7 Å². The summed E-state index contributed by atoms with van der Waals surface area (Å²) in [5, 5.41) is 3.19. The van der Waals surface area contributed by atoms with Crippen LogP contribution in [0.5, 0.6) is 0 Å². The number of carbonyl (C=O) groups is 1. The van der Waals surface area contributed by atoms with Crippen LogP contribution in [0.1, 0.15) is 26.0 Å². The van der Waals surface area contributed by atoms with E-state index in [9.17, 15) is 4.79 Å². The van der Waals surface area contributed by atoms with Crippen LogP contribution in [0.3, 0.4) is 0 Å². The fraction of sp³-hybridized carbons (Fsp3) is 0.583. The molecule has 0 unspecified atom stereocenters. The quantitative estimate of drug-likeness (QED) is 0.712. The first-order valence-corrected chi connectivity index (χ1v) is 6.01. The van der Waals surface area contributed by atoms with Crippen LogP contribution in [-0.2, 0) is 11.3 Å². The van der Waals surface area contributed by atoms with E-state index < -0.39 is 0 Å². The Kier molecular flexibility index (Phi) is 6.17. The minimum Gasteiger partial charge on any atom is -0.343 e. The van der Waals surface area contributed by atoms with Gasteiger partial charge < -0.3 is 10.2 Å². The Morgan fingerprint density at radius 2 is 2.12 bits per heavy atom. The molecular weight excluding hydrogens is 216 g/mol. The summed E-state index contributed by atoms with van der Waals surface area (Å²) in [6.45, 7) is 6.87. The molecule has 0 aromatic carbocycles. The van der Waals surface area contributed by atoms with E-state index in [1.54, 1.807) is 18.6 Å². The van der Waals surface area contributed by atoms with Gasteiger partial charge in [0, 0.05) is 51.2 Å². The monoisotopic (exact) mass is 236 g/mol. The van der Waals surface area contributed by atoms with Gasteiger partial charge in [-0.15, -0.1) is 0 Å². The van der Waals surface area contributed by atoms with Gasteiger partial charge in [-0.2, -0.15) is 0 Å². The Morgan fingerprint density at radius 3 is 2.71 bits per heavy atom. The van der Waals surface area contributed by atoms with Gasteiger partial charge in [-0.3, -0.25) is 14.8 Å². The Hall–Kier alpha value is -1.49. The smallest absolute Gasteiger partial charge is 0.223 e. The molecule has 5 nitrogen and oxygen atoms in total. The fourth-order valence-electron chi connectivity index (χ4n) is 1.57. The van der Waals surface area contributed by atoms with Crippen LogP contribution in [0.2, 0.25) is 0 Å². The lowest BCUT2D eigenvalue weighted by molar-refractivity contribution is -0.130. The van der Waals surface area contributed by atoms with Crippen molar-refractivity contribution in [3.05, 3.63) is 24.3 Å². The summed E-state index contributed by atoms with van der Waals surface area (Å²) >= 11 is 0. The number of nitrogens with zero attached hydrogens (tertiary/aromatic N) is 3. The van der Waals surface area contributed by atoms with Gasteiger partial charge in [-0.25, -0.2) is 0 Å². The second-order valence-electron chi connectivity index (χ2n) is 3.69. The topological polar surface area (TPSA) is 58.1 Å². The first-order chi connectivity index (χ1) is 8.27. The number of hydrogen-bond acceptors (Lipinski definition) is 4. The van der Waals surface area contributed by atoms with E-state index in [0.29, 0.717) is 19.5 Å². The first-order valence-electron chi connectivity index (χ1n) is 6.01. The predicted octanol–water partition coefficient (Wildman–Crippen LogP) is 0.825. The van der Waals surface area contributed by atoms with Crippen LogP contribution in [-0.4, -0.2) is 40.4 Å². The van der Waals surface area contributed by atoms with Crippen molar-refractivity contribution in [3.8, 4) is 0 Å². The van der Waals surface area contributed by atoms with Crippen molar-refractivity contribution in [2.24, 2.45) is 0 Å². The van der Waals surface area contributed by atoms with E-state index in [0.717, 1.165) is 18.8 Å². The molecule has 0 saturated heterocycles. The lowest BCUT2D eigenvalue weighted by atomic mass is 10.3. The summed E-state index contributed by atoms with van der Waals surface area (Å²) in [4.78, 5) is 21.6. The van der Waals surface area contributed by atoms with Crippen molar-refractivity contribution in [1.29, 1.82) is 0 Å². The molecule has 0 spiro atoms. The number of hydrogen-bond donors (Lipinski definition) is 1. The number of rotatable bonds is 7. The Labute approximate surface area is 102 Å². The molecule has 0 radical (unpaired) electrons. The van der Waals surface area contributed by atoms with Crippen LogP contribution in [0.25, 0.3) is 0 Å². The Balaban J connectivity index is 2.18. The predicted molar refractivity (Wildman–Crippen MR) is 66.3 cm³/mol. The summed E-state index contributed by atoms with van der Waals surface area (Å²) in [6, 6.07) is 0. The molecule has 0 atom stereocenters. The standard InChI is InChI=1S/C12H20N4O/c1-3-16(4-2)12(17)5-6-13-9-11-10-14-7-8-15-11/h7-8,10,13H,3-6,9H2,1-2H3. The highest BCUT2D eigenvalue weighted by atomic mass is 16.2. The maximum absolute atomic E-state index is 11.7. The molecular formula is C12H20N4O. The Morgan fingerprint density at radius 1 is 1.35 bits per heavy atom. The number of carbonyl (C=O) groups excluding carboxylic acids is 1. The summed E-state index contributed by atoms with van der Waals surface area (Å²) in [7, 11) is 0. The molecule has 1 aromatic rings. The van der Waals surface area contributed by atoms with Gasteiger partial charge in [0.05, 0.1) is 5.69 Å². The molecule has 0 aliphatic rings. The minimum absolute atomic E-state index is 0.196. The van der Waals surface area contributed by atoms with Gasteiger partial charge in [-0.05, 0) is 13.8 Å². The van der Waals surface area contributed by atoms with Crippen LogP contribution in [0.15, 0.2) is 18.6 Å². The highest BCUT2D eigenvalue weighted by molar-refractivity contribution is 5.76. The van der Waals surface area contributed by atoms with Crippen LogP contribution in [0.4, 0.5) is 0 Å². The molecule has 0 fully saturated rings. The molecule has 0 bridgehead atoms. The van der Waals surface area contributed by atoms with Gasteiger partial charge in [0.15, 0.2) is 0 Å². The summed E-state index contributed by atoms with van der Waals surface area (Å²) < 4.78 is 0. The average molecular weight is 236 g/mol. The first kappa shape index (κ1) is 13.6. The van der Waals surface area contributed by atoms with Gasteiger partial charge in [0.25, 0.3) is 0 Å². The van der Waals surface area contributed by atoms with E-state index in [1.165, 1.54) is 0 Å². The molecule has 5 heteroatoms. The molecule has 1 N–H and O–H groups in total. The van der Waals surface area contributed by atoms with Crippen LogP contribution >= 0.6 is 0 Å². The normalized spacial score (nSPS) is 10.2. The number of amides is 1. The molecule has 0 aliphatic heterocycles. The van der Waals surface area contributed by atoms with Crippen LogP contribution in [0, 0.1) is 0 Å². The molecule has 1 aromatic heterocycles. The van der Waals surface area contributed by atoms with Gasteiger partial charge in [0.2, 0.25) is 5.91 Å². The van der Waals surface area contributed by atoms with E-state index in [4.69, 9.17) is 0 Å². The third kappa shape index (κ3) is 4.91. The van der Waals surface area contributed by atoms with E-state index in [-0.39, 0.29) is 5.91 Å². The molecule has 0 aliphatic carbocycles. The third-order valence-electron chi connectivity index (χ3n) is 2.55. The zero-order valence-corrected chi connectivity index (χ0v) is 10.5. The minimum atomic E-state index is 0.196. The van der Waals surface area contributed by atoms with Crippen molar-refractivity contribution >= 4 is 5.91 Å². The van der Waals surface area contributed by atoms with Crippen molar-refractivity contribution in [3.63, 3.8) is 0 Å². The molecule has 1 rings (SSSR count).